The van der Waals surface area contributed by atoms with Crippen LogP contribution in [-0.2, 0) is 30.7 Å². The van der Waals surface area contributed by atoms with Gasteiger partial charge in [0.2, 0.25) is 0 Å². The number of methoxy groups -OCH3 is 1. The van der Waals surface area contributed by atoms with Gasteiger partial charge in [-0.3, -0.25) is 14.5 Å². The average Bonchev–Trinajstić information content (AvgIpc) is 3.02. The van der Waals surface area contributed by atoms with Crippen molar-refractivity contribution in [2.75, 3.05) is 19.1 Å². The van der Waals surface area contributed by atoms with Gasteiger partial charge in [0.05, 0.1) is 29.6 Å². The van der Waals surface area contributed by atoms with Gasteiger partial charge in [0.15, 0.2) is 0 Å². The lowest BCUT2D eigenvalue weighted by atomic mass is 10.1. The number of hydrogen-bond donors (Lipinski definition) is 0. The van der Waals surface area contributed by atoms with Crippen LogP contribution in [0.15, 0.2) is 48.5 Å². The first kappa shape index (κ1) is 23.1. The number of sulfone groups is 1. The number of hydrogen-bond acceptors (Lipinski definition) is 8. The summed E-state index contributed by atoms with van der Waals surface area (Å²) in [6.45, 7) is -0.196. The van der Waals surface area contributed by atoms with Crippen LogP contribution in [0.3, 0.4) is 0 Å². The zero-order chi connectivity index (χ0) is 23.5. The number of fused-ring (bicyclic) bond motifs is 1. The fourth-order valence-electron chi connectivity index (χ4n) is 3.27. The van der Waals surface area contributed by atoms with Crippen molar-refractivity contribution in [1.29, 1.82) is 0 Å². The van der Waals surface area contributed by atoms with Gasteiger partial charge in [0.25, 0.3) is 11.8 Å². The van der Waals surface area contributed by atoms with Crippen LogP contribution in [-0.4, -0.2) is 62.2 Å². The molecule has 9 nitrogen and oxygen atoms in total. The molecule has 1 aliphatic heterocycles. The number of benzene rings is 2. The van der Waals surface area contributed by atoms with E-state index in [1.54, 1.807) is 24.3 Å². The van der Waals surface area contributed by atoms with Crippen molar-refractivity contribution in [3.05, 3.63) is 70.8 Å². The molecule has 0 aromatic heterocycles. The van der Waals surface area contributed by atoms with Gasteiger partial charge in [-0.15, -0.1) is 0 Å². The molecule has 0 bridgehead atoms. The average molecular weight is 459 g/mol. The number of rotatable bonds is 8. The van der Waals surface area contributed by atoms with Crippen molar-refractivity contribution in [3.8, 4) is 0 Å². The van der Waals surface area contributed by atoms with E-state index in [9.17, 15) is 27.6 Å². The van der Waals surface area contributed by atoms with E-state index in [1.807, 2.05) is 0 Å². The maximum atomic E-state index is 12.8. The summed E-state index contributed by atoms with van der Waals surface area (Å²) in [6.07, 6.45) is 0.713. The van der Waals surface area contributed by atoms with E-state index >= 15 is 0 Å². The first-order valence-corrected chi connectivity index (χ1v) is 11.7. The zero-order valence-electron chi connectivity index (χ0n) is 17.4. The molecule has 0 unspecified atom stereocenters. The summed E-state index contributed by atoms with van der Waals surface area (Å²) < 4.78 is 33.2. The van der Waals surface area contributed by atoms with Crippen molar-refractivity contribution in [2.45, 2.75) is 19.1 Å². The third kappa shape index (κ3) is 5.02. The highest BCUT2D eigenvalue weighted by atomic mass is 32.2. The molecule has 0 saturated carbocycles. The predicted octanol–water partition coefficient (Wildman–Crippen LogP) is 1.62. The van der Waals surface area contributed by atoms with E-state index in [2.05, 4.69) is 4.74 Å². The minimum atomic E-state index is -3.47. The van der Waals surface area contributed by atoms with Crippen molar-refractivity contribution < 1.29 is 37.1 Å². The Bertz CT molecular complexity index is 1140. The predicted molar refractivity (Wildman–Crippen MR) is 113 cm³/mol. The van der Waals surface area contributed by atoms with Gasteiger partial charge >= 0.3 is 11.9 Å². The molecule has 0 spiro atoms. The fourth-order valence-corrected chi connectivity index (χ4v) is 3.93. The third-order valence-electron chi connectivity index (χ3n) is 4.93. The molecule has 1 atom stereocenters. The molecule has 10 heteroatoms. The molecule has 2 aromatic carbocycles. The second kappa shape index (κ2) is 9.31. The van der Waals surface area contributed by atoms with Crippen molar-refractivity contribution in [3.63, 3.8) is 0 Å². The van der Waals surface area contributed by atoms with Crippen LogP contribution in [0.1, 0.15) is 43.1 Å². The second-order valence-electron chi connectivity index (χ2n) is 7.26. The minimum Gasteiger partial charge on any atom is -0.465 e. The van der Waals surface area contributed by atoms with Crippen molar-refractivity contribution in [2.24, 2.45) is 0 Å². The molecule has 0 fully saturated rings. The van der Waals surface area contributed by atoms with Crippen LogP contribution >= 0.6 is 0 Å². The summed E-state index contributed by atoms with van der Waals surface area (Å²) in [5.41, 5.74) is 1.16. The largest absolute Gasteiger partial charge is 0.465 e. The standard InChI is InChI=1S/C22H21NO8S/c1-30-21(26)15-9-7-14(8-10-15)13-31-22(27)18(11-12-32(2,28)29)23-19(24)16-5-3-4-6-17(16)20(23)25/h3-10,18H,11-13H2,1-2H3/t18-/m0/s1. The Morgan fingerprint density at radius 1 is 0.969 bits per heavy atom. The highest BCUT2D eigenvalue weighted by molar-refractivity contribution is 7.90. The summed E-state index contributed by atoms with van der Waals surface area (Å²) in [5.74, 6) is -3.18. The summed E-state index contributed by atoms with van der Waals surface area (Å²) in [4.78, 5) is 50.7. The Labute approximate surface area is 184 Å². The maximum Gasteiger partial charge on any atom is 0.337 e. The Morgan fingerprint density at radius 2 is 1.53 bits per heavy atom. The monoisotopic (exact) mass is 459 g/mol. The van der Waals surface area contributed by atoms with Crippen LogP contribution in [0.2, 0.25) is 0 Å². The SMILES string of the molecule is COC(=O)c1ccc(COC(=O)[C@H](CCS(C)(=O)=O)N2C(=O)c3ccccc3C2=O)cc1. The Kier molecular flexibility index (Phi) is 6.73. The molecule has 0 radical (unpaired) electrons. The number of amides is 2. The third-order valence-corrected chi connectivity index (χ3v) is 5.90. The minimum absolute atomic E-state index is 0.146. The Morgan fingerprint density at radius 3 is 2.03 bits per heavy atom. The first-order chi connectivity index (χ1) is 15.1. The molecule has 1 heterocycles. The maximum absolute atomic E-state index is 12.8. The first-order valence-electron chi connectivity index (χ1n) is 9.61. The molecule has 2 amide bonds. The Balaban J connectivity index is 1.78. The number of ether oxygens (including phenoxy) is 2. The van der Waals surface area contributed by atoms with Gasteiger partial charge in [0, 0.05) is 6.26 Å². The van der Waals surface area contributed by atoms with Gasteiger partial charge in [-0.25, -0.2) is 18.0 Å². The topological polar surface area (TPSA) is 124 Å². The Hall–Kier alpha value is -3.53. The number of nitrogens with zero attached hydrogens (tertiary/aromatic N) is 1. The van der Waals surface area contributed by atoms with Crippen LogP contribution in [0.25, 0.3) is 0 Å². The van der Waals surface area contributed by atoms with Crippen LogP contribution in [0.5, 0.6) is 0 Å². The molecule has 1 aliphatic rings. The molecular weight excluding hydrogens is 438 g/mol. The summed E-state index contributed by atoms with van der Waals surface area (Å²) in [5, 5.41) is 0. The normalized spacial score (nSPS) is 14.1. The van der Waals surface area contributed by atoms with E-state index in [4.69, 9.17) is 4.74 Å². The van der Waals surface area contributed by atoms with E-state index in [0.717, 1.165) is 11.2 Å². The highest BCUT2D eigenvalue weighted by Crippen LogP contribution is 2.26. The highest BCUT2D eigenvalue weighted by Gasteiger charge is 2.43. The number of esters is 2. The number of carbonyl (C=O) groups excluding carboxylic acids is 4. The zero-order valence-corrected chi connectivity index (χ0v) is 18.3. The number of carbonyl (C=O) groups is 4. The second-order valence-corrected chi connectivity index (χ2v) is 9.52. The molecule has 168 valence electrons. The van der Waals surface area contributed by atoms with Crippen molar-refractivity contribution >= 4 is 33.6 Å². The van der Waals surface area contributed by atoms with Crippen LogP contribution < -0.4 is 0 Å². The quantitative estimate of drug-likeness (QED) is 0.431. The molecule has 3 rings (SSSR count). The molecule has 0 aliphatic carbocycles. The van der Waals surface area contributed by atoms with Crippen LogP contribution in [0.4, 0.5) is 0 Å². The van der Waals surface area contributed by atoms with E-state index in [-0.39, 0.29) is 24.2 Å². The molecule has 2 aromatic rings. The summed E-state index contributed by atoms with van der Waals surface area (Å²) >= 11 is 0. The van der Waals surface area contributed by atoms with Crippen LogP contribution in [0, 0.1) is 0 Å². The van der Waals surface area contributed by atoms with E-state index < -0.39 is 45.4 Å². The van der Waals surface area contributed by atoms with Gasteiger partial charge in [0.1, 0.15) is 22.5 Å². The van der Waals surface area contributed by atoms with Gasteiger partial charge in [-0.2, -0.15) is 0 Å². The lowest BCUT2D eigenvalue weighted by Gasteiger charge is -2.24. The van der Waals surface area contributed by atoms with Crippen molar-refractivity contribution in [1.82, 2.24) is 4.90 Å². The molecule has 32 heavy (non-hydrogen) atoms. The summed E-state index contributed by atoms with van der Waals surface area (Å²) in [6, 6.07) is 10.9. The fraction of sp³-hybridized carbons (Fsp3) is 0.273. The molecule has 0 N–H and O–H groups in total. The van der Waals surface area contributed by atoms with E-state index in [0.29, 0.717) is 11.1 Å². The van der Waals surface area contributed by atoms with E-state index in [1.165, 1.54) is 31.4 Å². The lowest BCUT2D eigenvalue weighted by molar-refractivity contribution is -0.149. The molecular formula is C22H21NO8S. The smallest absolute Gasteiger partial charge is 0.337 e. The number of imide groups is 1. The lowest BCUT2D eigenvalue weighted by Crippen LogP contribution is -2.46. The summed E-state index contributed by atoms with van der Waals surface area (Å²) in [7, 11) is -2.21. The van der Waals surface area contributed by atoms with Gasteiger partial charge in [-0.1, -0.05) is 24.3 Å². The molecule has 0 saturated heterocycles. The van der Waals surface area contributed by atoms with Gasteiger partial charge < -0.3 is 9.47 Å². The van der Waals surface area contributed by atoms with Gasteiger partial charge in [-0.05, 0) is 36.2 Å².